The van der Waals surface area contributed by atoms with Gasteiger partial charge >= 0.3 is 0 Å². The molecule has 30 heavy (non-hydrogen) atoms. The molecule has 3 aromatic carbocycles. The van der Waals surface area contributed by atoms with Crippen LogP contribution in [-0.2, 0) is 0 Å². The summed E-state index contributed by atoms with van der Waals surface area (Å²) >= 11 is 0. The Morgan fingerprint density at radius 1 is 0.800 bits per heavy atom. The Morgan fingerprint density at radius 2 is 1.47 bits per heavy atom. The molecule has 0 bridgehead atoms. The van der Waals surface area contributed by atoms with Crippen molar-refractivity contribution in [1.82, 2.24) is 9.80 Å². The van der Waals surface area contributed by atoms with Gasteiger partial charge in [-0.3, -0.25) is 9.69 Å². The van der Waals surface area contributed by atoms with Crippen LogP contribution in [0.1, 0.15) is 34.8 Å². The average molecular weight is 399 g/mol. The minimum Gasteiger partial charge on any atom is -0.457 e. The van der Waals surface area contributed by atoms with Gasteiger partial charge in [-0.2, -0.15) is 0 Å². The molecule has 1 saturated heterocycles. The normalized spacial score (nSPS) is 19.5. The molecule has 0 aromatic heterocycles. The second kappa shape index (κ2) is 8.33. The van der Waals surface area contributed by atoms with Crippen LogP contribution in [0.5, 0.6) is 11.5 Å². The van der Waals surface area contributed by atoms with Crippen LogP contribution >= 0.6 is 0 Å². The fraction of sp³-hybridized carbons (Fsp3) is 0.269. The predicted molar refractivity (Wildman–Crippen MR) is 118 cm³/mol. The van der Waals surface area contributed by atoms with Crippen molar-refractivity contribution in [3.05, 3.63) is 96.1 Å². The van der Waals surface area contributed by atoms with Gasteiger partial charge in [0.1, 0.15) is 11.5 Å². The number of rotatable bonds is 5. The van der Waals surface area contributed by atoms with Crippen LogP contribution in [0.15, 0.2) is 84.9 Å². The highest BCUT2D eigenvalue weighted by molar-refractivity contribution is 5.97. The maximum absolute atomic E-state index is 13.7. The first-order valence-corrected chi connectivity index (χ1v) is 10.7. The lowest BCUT2D eigenvalue weighted by molar-refractivity contribution is 0.0430. The number of hydrogen-bond acceptors (Lipinski definition) is 3. The number of piperazine rings is 1. The van der Waals surface area contributed by atoms with Crippen LogP contribution in [-0.4, -0.2) is 41.4 Å². The van der Waals surface area contributed by atoms with E-state index in [0.717, 1.165) is 25.4 Å². The van der Waals surface area contributed by atoms with Gasteiger partial charge in [0.05, 0.1) is 11.6 Å². The van der Waals surface area contributed by atoms with Crippen molar-refractivity contribution in [2.24, 2.45) is 0 Å². The summed E-state index contributed by atoms with van der Waals surface area (Å²) in [7, 11) is 0. The quantitative estimate of drug-likeness (QED) is 0.597. The maximum Gasteiger partial charge on any atom is 0.258 e. The molecule has 2 fully saturated rings. The summed E-state index contributed by atoms with van der Waals surface area (Å²) in [6.45, 7) is 2.55. The number of ether oxygens (including phenoxy) is 1. The van der Waals surface area contributed by atoms with E-state index in [1.54, 1.807) is 0 Å². The van der Waals surface area contributed by atoms with Crippen molar-refractivity contribution >= 4 is 5.91 Å². The van der Waals surface area contributed by atoms with Crippen molar-refractivity contribution in [3.63, 3.8) is 0 Å². The molecule has 0 N–H and O–H groups in total. The van der Waals surface area contributed by atoms with Crippen molar-refractivity contribution in [2.45, 2.75) is 24.9 Å². The smallest absolute Gasteiger partial charge is 0.258 e. The fourth-order valence-corrected chi connectivity index (χ4v) is 4.28. The third-order valence-electron chi connectivity index (χ3n) is 6.01. The molecule has 1 atom stereocenters. The first-order chi connectivity index (χ1) is 14.8. The van der Waals surface area contributed by atoms with Gasteiger partial charge in [-0.05, 0) is 42.7 Å². The van der Waals surface area contributed by atoms with E-state index < -0.39 is 0 Å². The van der Waals surface area contributed by atoms with E-state index >= 15 is 0 Å². The van der Waals surface area contributed by atoms with Crippen molar-refractivity contribution < 1.29 is 9.53 Å². The van der Waals surface area contributed by atoms with Gasteiger partial charge in [0, 0.05) is 25.7 Å². The third-order valence-corrected chi connectivity index (χ3v) is 6.01. The summed E-state index contributed by atoms with van der Waals surface area (Å²) in [6, 6.07) is 28.3. The molecule has 2 aliphatic rings. The average Bonchev–Trinajstić information content (AvgIpc) is 3.66. The molecule has 152 valence electrons. The zero-order chi connectivity index (χ0) is 20.3. The Balaban J connectivity index is 1.44. The molecule has 1 amide bonds. The number of benzene rings is 3. The zero-order valence-electron chi connectivity index (χ0n) is 17.0. The highest BCUT2D eigenvalue weighted by Crippen LogP contribution is 2.35. The number of carbonyl (C=O) groups is 1. The predicted octanol–water partition coefficient (Wildman–Crippen LogP) is 5.14. The molecule has 3 aromatic rings. The van der Waals surface area contributed by atoms with Gasteiger partial charge in [0.15, 0.2) is 0 Å². The second-order valence-corrected chi connectivity index (χ2v) is 8.06. The Labute approximate surface area is 177 Å². The number of carbonyl (C=O) groups excluding carboxylic acids is 1. The summed E-state index contributed by atoms with van der Waals surface area (Å²) in [5, 5.41) is 0. The lowest BCUT2D eigenvalue weighted by atomic mass is 10.0. The molecule has 1 unspecified atom stereocenters. The van der Waals surface area contributed by atoms with Gasteiger partial charge in [-0.1, -0.05) is 60.7 Å². The topological polar surface area (TPSA) is 32.8 Å². The molecule has 5 rings (SSSR count). The first kappa shape index (κ1) is 18.9. The summed E-state index contributed by atoms with van der Waals surface area (Å²) in [4.78, 5) is 18.3. The minimum absolute atomic E-state index is 0.0332. The van der Waals surface area contributed by atoms with E-state index in [-0.39, 0.29) is 11.9 Å². The Kier molecular flexibility index (Phi) is 5.24. The largest absolute Gasteiger partial charge is 0.457 e. The summed E-state index contributed by atoms with van der Waals surface area (Å²) < 4.78 is 6.07. The van der Waals surface area contributed by atoms with Crippen LogP contribution in [0.3, 0.4) is 0 Å². The minimum atomic E-state index is 0.0332. The Morgan fingerprint density at radius 3 is 2.20 bits per heavy atom. The number of nitrogens with zero attached hydrogens (tertiary/aromatic N) is 2. The van der Waals surface area contributed by atoms with Crippen LogP contribution in [0.4, 0.5) is 0 Å². The molecule has 4 heteroatoms. The standard InChI is InChI=1S/C26H26N2O2/c29-26(23-13-7-8-14-25(23)30-22-11-5-2-6-12-22)28-18-17-27(21-15-16-21)19-24(28)20-9-3-1-4-10-20/h1-14,21,24H,15-19H2. The second-order valence-electron chi connectivity index (χ2n) is 8.06. The van der Waals surface area contributed by atoms with Gasteiger partial charge < -0.3 is 9.64 Å². The highest BCUT2D eigenvalue weighted by Gasteiger charge is 2.38. The molecule has 1 heterocycles. The summed E-state index contributed by atoms with van der Waals surface area (Å²) in [5.41, 5.74) is 1.81. The fourth-order valence-electron chi connectivity index (χ4n) is 4.28. The SMILES string of the molecule is O=C(c1ccccc1Oc1ccccc1)N1CCN(C2CC2)CC1c1ccccc1. The van der Waals surface area contributed by atoms with E-state index in [0.29, 0.717) is 17.4 Å². The first-order valence-electron chi connectivity index (χ1n) is 10.7. The molecule has 1 aliphatic carbocycles. The van der Waals surface area contributed by atoms with Gasteiger partial charge in [0.2, 0.25) is 0 Å². The van der Waals surface area contributed by atoms with E-state index in [1.807, 2.05) is 65.6 Å². The lowest BCUT2D eigenvalue weighted by Gasteiger charge is -2.42. The molecular formula is C26H26N2O2. The molecule has 0 spiro atoms. The van der Waals surface area contributed by atoms with Crippen LogP contribution in [0.25, 0.3) is 0 Å². The van der Waals surface area contributed by atoms with E-state index in [4.69, 9.17) is 4.74 Å². The maximum atomic E-state index is 13.7. The van der Waals surface area contributed by atoms with Crippen molar-refractivity contribution in [2.75, 3.05) is 19.6 Å². The van der Waals surface area contributed by atoms with E-state index in [9.17, 15) is 4.79 Å². The van der Waals surface area contributed by atoms with Crippen LogP contribution in [0, 0.1) is 0 Å². The lowest BCUT2D eigenvalue weighted by Crippen LogP contribution is -2.51. The molecule has 4 nitrogen and oxygen atoms in total. The number of para-hydroxylation sites is 2. The molecule has 1 saturated carbocycles. The highest BCUT2D eigenvalue weighted by atomic mass is 16.5. The van der Waals surface area contributed by atoms with Crippen molar-refractivity contribution in [1.29, 1.82) is 0 Å². The Hall–Kier alpha value is -3.11. The van der Waals surface area contributed by atoms with E-state index in [1.165, 1.54) is 18.4 Å². The number of amides is 1. The van der Waals surface area contributed by atoms with Crippen LogP contribution < -0.4 is 4.74 Å². The Bertz CT molecular complexity index is 1000. The van der Waals surface area contributed by atoms with E-state index in [2.05, 4.69) is 29.2 Å². The number of hydrogen-bond donors (Lipinski definition) is 0. The summed E-state index contributed by atoms with van der Waals surface area (Å²) in [5.74, 6) is 1.37. The zero-order valence-corrected chi connectivity index (χ0v) is 17.0. The molecular weight excluding hydrogens is 372 g/mol. The molecule has 0 radical (unpaired) electrons. The molecule has 1 aliphatic heterocycles. The van der Waals surface area contributed by atoms with Crippen LogP contribution in [0.2, 0.25) is 0 Å². The van der Waals surface area contributed by atoms with Gasteiger partial charge in [0.25, 0.3) is 5.91 Å². The summed E-state index contributed by atoms with van der Waals surface area (Å²) in [6.07, 6.45) is 2.56. The van der Waals surface area contributed by atoms with Gasteiger partial charge in [-0.25, -0.2) is 0 Å². The third kappa shape index (κ3) is 3.96. The van der Waals surface area contributed by atoms with Gasteiger partial charge in [-0.15, -0.1) is 0 Å². The monoisotopic (exact) mass is 398 g/mol. The van der Waals surface area contributed by atoms with Crippen molar-refractivity contribution in [3.8, 4) is 11.5 Å².